The summed E-state index contributed by atoms with van der Waals surface area (Å²) in [7, 11) is 0. The summed E-state index contributed by atoms with van der Waals surface area (Å²) in [6.07, 6.45) is 4.26. The average molecular weight is 298 g/mol. The summed E-state index contributed by atoms with van der Waals surface area (Å²) in [5, 5.41) is 0. The molecule has 1 aromatic rings. The molecule has 1 fully saturated rings. The number of halogens is 1. The second-order valence-corrected chi connectivity index (χ2v) is 5.02. The van der Waals surface area contributed by atoms with Crippen LogP contribution in [0.5, 0.6) is 5.75 Å². The van der Waals surface area contributed by atoms with Crippen LogP contribution < -0.4 is 4.74 Å². The maximum atomic E-state index is 5.73. The molecule has 112 valence electrons. The first-order valence-corrected chi connectivity index (χ1v) is 6.90. The molecule has 0 saturated carbocycles. The van der Waals surface area contributed by atoms with Crippen LogP contribution in [-0.2, 0) is 4.74 Å². The van der Waals surface area contributed by atoms with Crippen LogP contribution in [0.1, 0.15) is 11.1 Å². The van der Waals surface area contributed by atoms with E-state index in [-0.39, 0.29) is 12.4 Å². The summed E-state index contributed by atoms with van der Waals surface area (Å²) >= 11 is 0. The SMILES string of the molecule is Cc1cc(C)cc(OCC=CCN2CCOCC2)c1.Cl. The van der Waals surface area contributed by atoms with Crippen molar-refractivity contribution >= 4 is 12.4 Å². The minimum atomic E-state index is 0. The lowest BCUT2D eigenvalue weighted by Crippen LogP contribution is -2.36. The molecule has 0 unspecified atom stereocenters. The summed E-state index contributed by atoms with van der Waals surface area (Å²) in [5.41, 5.74) is 2.49. The monoisotopic (exact) mass is 297 g/mol. The van der Waals surface area contributed by atoms with Crippen LogP contribution in [-0.4, -0.2) is 44.4 Å². The van der Waals surface area contributed by atoms with Crippen LogP contribution in [0, 0.1) is 13.8 Å². The maximum Gasteiger partial charge on any atom is 0.120 e. The summed E-state index contributed by atoms with van der Waals surface area (Å²) in [5.74, 6) is 0.952. The highest BCUT2D eigenvalue weighted by Gasteiger charge is 2.07. The Balaban J connectivity index is 0.00000200. The third kappa shape index (κ3) is 5.95. The fraction of sp³-hybridized carbons (Fsp3) is 0.500. The topological polar surface area (TPSA) is 21.7 Å². The Morgan fingerprint density at radius 3 is 2.40 bits per heavy atom. The third-order valence-electron chi connectivity index (χ3n) is 3.18. The maximum absolute atomic E-state index is 5.73. The molecule has 2 rings (SSSR count). The summed E-state index contributed by atoms with van der Waals surface area (Å²) in [6, 6.07) is 6.30. The Morgan fingerprint density at radius 2 is 1.75 bits per heavy atom. The van der Waals surface area contributed by atoms with Gasteiger partial charge in [0.15, 0.2) is 0 Å². The number of morpholine rings is 1. The zero-order valence-electron chi connectivity index (χ0n) is 12.3. The number of hydrogen-bond acceptors (Lipinski definition) is 3. The van der Waals surface area contributed by atoms with E-state index in [0.29, 0.717) is 6.61 Å². The zero-order valence-corrected chi connectivity index (χ0v) is 13.1. The Kier molecular flexibility index (Phi) is 7.67. The molecule has 0 radical (unpaired) electrons. The first-order valence-electron chi connectivity index (χ1n) is 6.90. The summed E-state index contributed by atoms with van der Waals surface area (Å²) in [6.45, 7) is 9.57. The Labute approximate surface area is 128 Å². The Bertz CT molecular complexity index is 408. The molecule has 0 N–H and O–H groups in total. The predicted molar refractivity (Wildman–Crippen MR) is 85.1 cm³/mol. The average Bonchev–Trinajstić information content (AvgIpc) is 2.38. The van der Waals surface area contributed by atoms with Gasteiger partial charge in [-0.05, 0) is 37.1 Å². The highest BCUT2D eigenvalue weighted by molar-refractivity contribution is 5.85. The highest BCUT2D eigenvalue weighted by Crippen LogP contribution is 2.15. The lowest BCUT2D eigenvalue weighted by molar-refractivity contribution is 0.0434. The van der Waals surface area contributed by atoms with Gasteiger partial charge in [-0.3, -0.25) is 4.90 Å². The van der Waals surface area contributed by atoms with Crippen LogP contribution >= 0.6 is 12.4 Å². The van der Waals surface area contributed by atoms with E-state index in [9.17, 15) is 0 Å². The molecular weight excluding hydrogens is 274 g/mol. The van der Waals surface area contributed by atoms with Gasteiger partial charge < -0.3 is 9.47 Å². The predicted octanol–water partition coefficient (Wildman–Crippen LogP) is 2.99. The second kappa shape index (κ2) is 9.01. The molecule has 3 nitrogen and oxygen atoms in total. The van der Waals surface area contributed by atoms with Crippen molar-refractivity contribution in [3.05, 3.63) is 41.5 Å². The number of benzene rings is 1. The van der Waals surface area contributed by atoms with Crippen LogP contribution in [0.2, 0.25) is 0 Å². The number of nitrogens with zero attached hydrogens (tertiary/aromatic N) is 1. The molecule has 0 amide bonds. The van der Waals surface area contributed by atoms with Crippen molar-refractivity contribution in [3.63, 3.8) is 0 Å². The Hall–Kier alpha value is -1.03. The minimum Gasteiger partial charge on any atom is -0.490 e. The van der Waals surface area contributed by atoms with Crippen molar-refractivity contribution in [3.8, 4) is 5.75 Å². The van der Waals surface area contributed by atoms with Gasteiger partial charge in [0.25, 0.3) is 0 Å². The minimum absolute atomic E-state index is 0. The number of aryl methyl sites for hydroxylation is 2. The Morgan fingerprint density at radius 1 is 1.10 bits per heavy atom. The molecule has 0 aliphatic carbocycles. The molecule has 20 heavy (non-hydrogen) atoms. The van der Waals surface area contributed by atoms with Crippen LogP contribution in [0.15, 0.2) is 30.4 Å². The van der Waals surface area contributed by atoms with Crippen molar-refractivity contribution in [2.75, 3.05) is 39.5 Å². The first-order chi connectivity index (χ1) is 9.24. The van der Waals surface area contributed by atoms with Gasteiger partial charge in [-0.15, -0.1) is 12.4 Å². The molecule has 1 saturated heterocycles. The van der Waals surface area contributed by atoms with Gasteiger partial charge in [0.1, 0.15) is 12.4 Å². The van der Waals surface area contributed by atoms with E-state index in [1.54, 1.807) is 0 Å². The van der Waals surface area contributed by atoms with Gasteiger partial charge >= 0.3 is 0 Å². The van der Waals surface area contributed by atoms with Gasteiger partial charge in [-0.1, -0.05) is 18.2 Å². The standard InChI is InChI=1S/C16H23NO2.ClH/c1-14-11-15(2)13-16(12-14)19-8-4-3-5-17-6-9-18-10-7-17;/h3-4,11-13H,5-10H2,1-2H3;1H. The largest absolute Gasteiger partial charge is 0.490 e. The normalized spacial score (nSPS) is 16.1. The van der Waals surface area contributed by atoms with Gasteiger partial charge in [0, 0.05) is 19.6 Å². The van der Waals surface area contributed by atoms with Gasteiger partial charge in [-0.25, -0.2) is 0 Å². The summed E-state index contributed by atoms with van der Waals surface area (Å²) in [4.78, 5) is 2.39. The molecule has 0 bridgehead atoms. The lowest BCUT2D eigenvalue weighted by atomic mass is 10.1. The molecule has 1 heterocycles. The van der Waals surface area contributed by atoms with Gasteiger partial charge in [0.05, 0.1) is 13.2 Å². The third-order valence-corrected chi connectivity index (χ3v) is 3.18. The molecular formula is C16H24ClNO2. The van der Waals surface area contributed by atoms with E-state index in [4.69, 9.17) is 9.47 Å². The van der Waals surface area contributed by atoms with E-state index < -0.39 is 0 Å². The van der Waals surface area contributed by atoms with Gasteiger partial charge in [0.2, 0.25) is 0 Å². The molecule has 0 aromatic heterocycles. The van der Waals surface area contributed by atoms with E-state index in [1.807, 2.05) is 0 Å². The smallest absolute Gasteiger partial charge is 0.120 e. The fourth-order valence-electron chi connectivity index (χ4n) is 2.24. The van der Waals surface area contributed by atoms with Crippen molar-refractivity contribution in [2.45, 2.75) is 13.8 Å². The highest BCUT2D eigenvalue weighted by atomic mass is 35.5. The van der Waals surface area contributed by atoms with E-state index in [1.165, 1.54) is 11.1 Å². The quantitative estimate of drug-likeness (QED) is 0.780. The van der Waals surface area contributed by atoms with Crippen LogP contribution in [0.4, 0.5) is 0 Å². The van der Waals surface area contributed by atoms with E-state index >= 15 is 0 Å². The van der Waals surface area contributed by atoms with Crippen molar-refractivity contribution in [2.24, 2.45) is 0 Å². The van der Waals surface area contributed by atoms with Crippen LogP contribution in [0.3, 0.4) is 0 Å². The zero-order chi connectivity index (χ0) is 13.5. The number of ether oxygens (including phenoxy) is 2. The molecule has 1 aromatic carbocycles. The molecule has 1 aliphatic heterocycles. The van der Waals surface area contributed by atoms with Gasteiger partial charge in [-0.2, -0.15) is 0 Å². The first kappa shape index (κ1) is 17.0. The molecule has 0 spiro atoms. The molecule has 4 heteroatoms. The second-order valence-electron chi connectivity index (χ2n) is 5.02. The number of rotatable bonds is 5. The van der Waals surface area contributed by atoms with Crippen molar-refractivity contribution in [1.82, 2.24) is 4.90 Å². The van der Waals surface area contributed by atoms with E-state index in [0.717, 1.165) is 38.6 Å². The summed E-state index contributed by atoms with van der Waals surface area (Å²) < 4.78 is 11.0. The van der Waals surface area contributed by atoms with Crippen molar-refractivity contribution in [1.29, 1.82) is 0 Å². The fourth-order valence-corrected chi connectivity index (χ4v) is 2.24. The van der Waals surface area contributed by atoms with Crippen molar-refractivity contribution < 1.29 is 9.47 Å². The number of hydrogen-bond donors (Lipinski definition) is 0. The van der Waals surface area contributed by atoms with E-state index in [2.05, 4.69) is 49.1 Å². The molecule has 0 atom stereocenters. The molecule has 1 aliphatic rings. The van der Waals surface area contributed by atoms with Crippen LogP contribution in [0.25, 0.3) is 0 Å². The lowest BCUT2D eigenvalue weighted by Gasteiger charge is -2.25.